The average Bonchev–Trinajstić information content (AvgIpc) is 3.15. The van der Waals surface area contributed by atoms with Gasteiger partial charge in [0.1, 0.15) is 11.3 Å². The van der Waals surface area contributed by atoms with E-state index in [2.05, 4.69) is 5.10 Å². The summed E-state index contributed by atoms with van der Waals surface area (Å²) in [4.78, 5) is 0. The number of aromatic nitrogens is 2. The van der Waals surface area contributed by atoms with Crippen molar-refractivity contribution in [3.05, 3.63) is 41.1 Å². The monoisotopic (exact) mass is 382 g/mol. The topological polar surface area (TPSA) is 45.5 Å². The van der Waals surface area contributed by atoms with Crippen LogP contribution in [0.1, 0.15) is 23.1 Å². The molecule has 5 nitrogen and oxygen atoms in total. The molecule has 3 rings (SSSR count). The standard InChI is InChI=1S/C15H12F6N2O3/c1-23-12(26-9-4-2-3-8(7-9)14(16,17)18)10(13-24-5-6-25-13)11(22-23)15(19,20)21/h2-4,7,13H,5-6H2,1H3. The second-order valence-electron chi connectivity index (χ2n) is 5.39. The Labute approximate surface area is 143 Å². The smallest absolute Gasteiger partial charge is 0.435 e. The number of alkyl halides is 6. The number of ether oxygens (including phenoxy) is 3. The maximum atomic E-state index is 13.3. The van der Waals surface area contributed by atoms with Gasteiger partial charge in [0.25, 0.3) is 0 Å². The van der Waals surface area contributed by atoms with Crippen molar-refractivity contribution in [3.63, 3.8) is 0 Å². The van der Waals surface area contributed by atoms with Crippen LogP contribution in [0.25, 0.3) is 0 Å². The molecule has 0 atom stereocenters. The second kappa shape index (κ2) is 6.47. The van der Waals surface area contributed by atoms with Gasteiger partial charge in [-0.2, -0.15) is 31.4 Å². The van der Waals surface area contributed by atoms with E-state index in [1.165, 1.54) is 13.1 Å². The Morgan fingerprint density at radius 2 is 1.73 bits per heavy atom. The Bertz CT molecular complexity index is 794. The lowest BCUT2D eigenvalue weighted by atomic mass is 10.2. The predicted molar refractivity (Wildman–Crippen MR) is 74.4 cm³/mol. The normalized spacial score (nSPS) is 16.3. The van der Waals surface area contributed by atoms with Crippen LogP contribution in [0.2, 0.25) is 0 Å². The molecule has 1 fully saturated rings. The van der Waals surface area contributed by atoms with Gasteiger partial charge in [-0.1, -0.05) is 6.07 Å². The van der Waals surface area contributed by atoms with Crippen LogP contribution in [0.4, 0.5) is 26.3 Å². The Balaban J connectivity index is 2.04. The summed E-state index contributed by atoms with van der Waals surface area (Å²) in [5.74, 6) is -0.709. The van der Waals surface area contributed by atoms with Gasteiger partial charge in [-0.05, 0) is 18.2 Å². The number of hydrogen-bond acceptors (Lipinski definition) is 4. The van der Waals surface area contributed by atoms with Crippen molar-refractivity contribution in [1.82, 2.24) is 9.78 Å². The van der Waals surface area contributed by atoms with Crippen LogP contribution in [0.15, 0.2) is 24.3 Å². The molecule has 1 aromatic heterocycles. The van der Waals surface area contributed by atoms with Crippen LogP contribution < -0.4 is 4.74 Å². The van der Waals surface area contributed by atoms with Crippen LogP contribution in [-0.4, -0.2) is 23.0 Å². The minimum absolute atomic E-state index is 0.0693. The zero-order valence-electron chi connectivity index (χ0n) is 13.2. The molecular weight excluding hydrogens is 370 g/mol. The van der Waals surface area contributed by atoms with Crippen molar-refractivity contribution >= 4 is 0 Å². The van der Waals surface area contributed by atoms with Crippen molar-refractivity contribution in [2.45, 2.75) is 18.6 Å². The van der Waals surface area contributed by atoms with Gasteiger partial charge >= 0.3 is 12.4 Å². The van der Waals surface area contributed by atoms with Gasteiger partial charge in [-0.25, -0.2) is 4.68 Å². The summed E-state index contributed by atoms with van der Waals surface area (Å²) in [5, 5.41) is 3.38. The number of benzene rings is 1. The fourth-order valence-corrected chi connectivity index (χ4v) is 2.44. The second-order valence-corrected chi connectivity index (χ2v) is 5.39. The molecule has 11 heteroatoms. The number of hydrogen-bond donors (Lipinski definition) is 0. The van der Waals surface area contributed by atoms with E-state index in [1.54, 1.807) is 0 Å². The van der Waals surface area contributed by atoms with E-state index >= 15 is 0 Å². The third-order valence-corrected chi connectivity index (χ3v) is 3.53. The van der Waals surface area contributed by atoms with Crippen LogP contribution in [0.5, 0.6) is 11.6 Å². The van der Waals surface area contributed by atoms with Crippen molar-refractivity contribution in [2.24, 2.45) is 7.05 Å². The molecule has 1 aliphatic heterocycles. The van der Waals surface area contributed by atoms with Gasteiger partial charge in [0, 0.05) is 7.05 Å². The fraction of sp³-hybridized carbons (Fsp3) is 0.400. The minimum Gasteiger partial charge on any atom is -0.439 e. The molecule has 0 aliphatic carbocycles. The SMILES string of the molecule is Cn1nc(C(F)(F)F)c(C2OCCO2)c1Oc1cccc(C(F)(F)F)c1. The molecule has 0 bridgehead atoms. The van der Waals surface area contributed by atoms with Gasteiger partial charge in [-0.15, -0.1) is 0 Å². The lowest BCUT2D eigenvalue weighted by molar-refractivity contribution is -0.146. The van der Waals surface area contributed by atoms with E-state index in [0.29, 0.717) is 6.07 Å². The van der Waals surface area contributed by atoms with Crippen molar-refractivity contribution in [1.29, 1.82) is 0 Å². The Morgan fingerprint density at radius 3 is 2.31 bits per heavy atom. The van der Waals surface area contributed by atoms with E-state index in [0.717, 1.165) is 16.8 Å². The van der Waals surface area contributed by atoms with Crippen LogP contribution in [0.3, 0.4) is 0 Å². The highest BCUT2D eigenvalue weighted by Crippen LogP contribution is 2.43. The fourth-order valence-electron chi connectivity index (χ4n) is 2.44. The first kappa shape index (κ1) is 18.5. The van der Waals surface area contributed by atoms with E-state index in [1.807, 2.05) is 0 Å². The van der Waals surface area contributed by atoms with E-state index in [9.17, 15) is 26.3 Å². The van der Waals surface area contributed by atoms with E-state index in [-0.39, 0.29) is 19.0 Å². The molecule has 0 saturated carbocycles. The largest absolute Gasteiger partial charge is 0.439 e. The molecule has 1 aromatic carbocycles. The first-order chi connectivity index (χ1) is 12.1. The maximum Gasteiger partial charge on any atom is 0.435 e. The first-order valence-corrected chi connectivity index (χ1v) is 7.30. The summed E-state index contributed by atoms with van der Waals surface area (Å²) in [7, 11) is 1.18. The van der Waals surface area contributed by atoms with E-state index in [4.69, 9.17) is 14.2 Å². The molecule has 142 valence electrons. The summed E-state index contributed by atoms with van der Waals surface area (Å²) in [6.45, 7) is 0.139. The quantitative estimate of drug-likeness (QED) is 0.743. The lowest BCUT2D eigenvalue weighted by Gasteiger charge is -2.15. The summed E-state index contributed by atoms with van der Waals surface area (Å²) in [5.41, 5.74) is -2.80. The Kier molecular flexibility index (Phi) is 4.61. The average molecular weight is 382 g/mol. The number of rotatable bonds is 3. The minimum atomic E-state index is -4.82. The lowest BCUT2D eigenvalue weighted by Crippen LogP contribution is -2.12. The highest BCUT2D eigenvalue weighted by molar-refractivity contribution is 5.40. The summed E-state index contributed by atoms with van der Waals surface area (Å²) < 4.78 is 94.5. The molecule has 1 aliphatic rings. The Morgan fingerprint density at radius 1 is 1.08 bits per heavy atom. The zero-order valence-corrected chi connectivity index (χ0v) is 13.2. The molecule has 1 saturated heterocycles. The third-order valence-electron chi connectivity index (χ3n) is 3.53. The molecule has 0 amide bonds. The van der Waals surface area contributed by atoms with Gasteiger partial charge in [0.15, 0.2) is 12.0 Å². The molecule has 0 unspecified atom stereocenters. The number of halogens is 6. The summed E-state index contributed by atoms with van der Waals surface area (Å²) in [6, 6.07) is 3.78. The van der Waals surface area contributed by atoms with Gasteiger partial charge in [-0.3, -0.25) is 0 Å². The van der Waals surface area contributed by atoms with Crippen molar-refractivity contribution in [2.75, 3.05) is 13.2 Å². The van der Waals surface area contributed by atoms with Gasteiger partial charge in [0.05, 0.1) is 18.8 Å². The maximum absolute atomic E-state index is 13.3. The third kappa shape index (κ3) is 3.63. The molecule has 0 spiro atoms. The first-order valence-electron chi connectivity index (χ1n) is 7.30. The van der Waals surface area contributed by atoms with Crippen LogP contribution >= 0.6 is 0 Å². The molecule has 0 N–H and O–H groups in total. The zero-order chi connectivity index (χ0) is 19.1. The van der Waals surface area contributed by atoms with Crippen LogP contribution in [0, 0.1) is 0 Å². The summed E-state index contributed by atoms with van der Waals surface area (Å²) >= 11 is 0. The Hall–Kier alpha value is -2.27. The molecule has 2 heterocycles. The highest BCUT2D eigenvalue weighted by Gasteiger charge is 2.43. The van der Waals surface area contributed by atoms with Gasteiger partial charge in [0.2, 0.25) is 5.88 Å². The number of aryl methyl sites for hydroxylation is 1. The van der Waals surface area contributed by atoms with E-state index < -0.39 is 41.3 Å². The molecular formula is C15H12F6N2O3. The van der Waals surface area contributed by atoms with Crippen molar-refractivity contribution < 1.29 is 40.6 Å². The molecule has 26 heavy (non-hydrogen) atoms. The summed E-state index contributed by atoms with van der Waals surface area (Å²) in [6.07, 6.45) is -10.8. The molecule has 2 aromatic rings. The highest BCUT2D eigenvalue weighted by atomic mass is 19.4. The van der Waals surface area contributed by atoms with Crippen molar-refractivity contribution in [3.8, 4) is 11.6 Å². The van der Waals surface area contributed by atoms with Gasteiger partial charge < -0.3 is 14.2 Å². The molecule has 0 radical (unpaired) electrons. The predicted octanol–water partition coefficient (Wildman–Crippen LogP) is 4.30. The van der Waals surface area contributed by atoms with Crippen LogP contribution in [-0.2, 0) is 28.9 Å². The number of nitrogens with zero attached hydrogens (tertiary/aromatic N) is 2.